The van der Waals surface area contributed by atoms with Gasteiger partial charge in [-0.2, -0.15) is 0 Å². The van der Waals surface area contributed by atoms with Crippen LogP contribution in [0.1, 0.15) is 37.8 Å². The third-order valence-electron chi connectivity index (χ3n) is 4.53. The summed E-state index contributed by atoms with van der Waals surface area (Å²) < 4.78 is 5.06. The van der Waals surface area contributed by atoms with Crippen molar-refractivity contribution in [1.82, 2.24) is 15.5 Å². The molecule has 0 radical (unpaired) electrons. The Morgan fingerprint density at radius 3 is 2.52 bits per heavy atom. The molecule has 1 aliphatic rings. The molecular weight excluding hydrogens is 316 g/mol. The van der Waals surface area contributed by atoms with Crippen molar-refractivity contribution in [3.63, 3.8) is 0 Å². The second-order valence-corrected chi connectivity index (χ2v) is 6.15. The van der Waals surface area contributed by atoms with Gasteiger partial charge in [0.05, 0.1) is 6.61 Å². The van der Waals surface area contributed by atoms with Crippen LogP contribution < -0.4 is 10.6 Å². The maximum Gasteiger partial charge on any atom is 0.409 e. The SMILES string of the molecule is CCOC(=O)N1CCC(NC(=NC)NCc2ccccc2CC)CC1. The number of aryl methyl sites for hydroxylation is 1. The molecule has 2 rings (SSSR count). The van der Waals surface area contributed by atoms with E-state index in [1.165, 1.54) is 11.1 Å². The number of piperidine rings is 1. The van der Waals surface area contributed by atoms with E-state index in [0.29, 0.717) is 25.7 Å². The fourth-order valence-corrected chi connectivity index (χ4v) is 3.06. The van der Waals surface area contributed by atoms with Crippen molar-refractivity contribution in [3.05, 3.63) is 35.4 Å². The number of likely N-dealkylation sites (tertiary alicyclic amines) is 1. The molecule has 1 amide bonds. The Kier molecular flexibility index (Phi) is 7.57. The number of nitrogens with one attached hydrogen (secondary N) is 2. The Balaban J connectivity index is 1.80. The Hall–Kier alpha value is -2.24. The molecule has 6 heteroatoms. The van der Waals surface area contributed by atoms with E-state index in [-0.39, 0.29) is 6.09 Å². The summed E-state index contributed by atoms with van der Waals surface area (Å²) in [5, 5.41) is 6.86. The quantitative estimate of drug-likeness (QED) is 0.635. The van der Waals surface area contributed by atoms with Crippen LogP contribution in [0.5, 0.6) is 0 Å². The molecule has 0 unspecified atom stereocenters. The second kappa shape index (κ2) is 9.91. The van der Waals surface area contributed by atoms with Gasteiger partial charge in [0, 0.05) is 32.7 Å². The summed E-state index contributed by atoms with van der Waals surface area (Å²) in [6.07, 6.45) is 2.60. The van der Waals surface area contributed by atoms with Gasteiger partial charge in [0.1, 0.15) is 0 Å². The molecule has 0 atom stereocenters. The molecule has 0 aromatic heterocycles. The van der Waals surface area contributed by atoms with Gasteiger partial charge >= 0.3 is 6.09 Å². The number of rotatable bonds is 5. The number of benzene rings is 1. The van der Waals surface area contributed by atoms with Crippen LogP contribution in [0.15, 0.2) is 29.3 Å². The van der Waals surface area contributed by atoms with Gasteiger partial charge in [-0.1, -0.05) is 31.2 Å². The molecule has 6 nitrogen and oxygen atoms in total. The average Bonchev–Trinajstić information content (AvgIpc) is 2.66. The predicted molar refractivity (Wildman–Crippen MR) is 101 cm³/mol. The third-order valence-corrected chi connectivity index (χ3v) is 4.53. The van der Waals surface area contributed by atoms with Crippen LogP contribution in [0.4, 0.5) is 4.79 Å². The number of guanidine groups is 1. The van der Waals surface area contributed by atoms with Crippen molar-refractivity contribution in [1.29, 1.82) is 0 Å². The fraction of sp³-hybridized carbons (Fsp3) is 0.579. The van der Waals surface area contributed by atoms with E-state index in [1.807, 2.05) is 6.92 Å². The standard InChI is InChI=1S/C19H30N4O2/c1-4-15-8-6-7-9-16(15)14-21-18(20-3)22-17-10-12-23(13-11-17)19(24)25-5-2/h6-9,17H,4-5,10-14H2,1-3H3,(H2,20,21,22). The van der Waals surface area contributed by atoms with Crippen LogP contribution in [-0.4, -0.2) is 49.7 Å². The third kappa shape index (κ3) is 5.66. The molecule has 1 aromatic rings. The maximum absolute atomic E-state index is 11.8. The topological polar surface area (TPSA) is 66.0 Å². The summed E-state index contributed by atoms with van der Waals surface area (Å²) in [4.78, 5) is 17.8. The summed E-state index contributed by atoms with van der Waals surface area (Å²) in [6.45, 7) is 6.61. The summed E-state index contributed by atoms with van der Waals surface area (Å²) in [6, 6.07) is 8.78. The molecule has 25 heavy (non-hydrogen) atoms. The highest BCUT2D eigenvalue weighted by molar-refractivity contribution is 5.80. The molecule has 1 aliphatic heterocycles. The highest BCUT2D eigenvalue weighted by atomic mass is 16.6. The molecule has 2 N–H and O–H groups in total. The zero-order valence-electron chi connectivity index (χ0n) is 15.5. The lowest BCUT2D eigenvalue weighted by molar-refractivity contribution is 0.0963. The molecule has 1 fully saturated rings. The first-order chi connectivity index (χ1) is 12.2. The van der Waals surface area contributed by atoms with Gasteiger partial charge in [0.25, 0.3) is 0 Å². The van der Waals surface area contributed by atoms with Gasteiger partial charge in [-0.3, -0.25) is 4.99 Å². The van der Waals surface area contributed by atoms with Gasteiger partial charge in [0.15, 0.2) is 5.96 Å². The van der Waals surface area contributed by atoms with Crippen molar-refractivity contribution in [2.45, 2.75) is 45.7 Å². The number of hydrogen-bond acceptors (Lipinski definition) is 3. The fourth-order valence-electron chi connectivity index (χ4n) is 3.06. The lowest BCUT2D eigenvalue weighted by Gasteiger charge is -2.32. The van der Waals surface area contributed by atoms with Crippen LogP contribution in [0.2, 0.25) is 0 Å². The molecule has 0 aliphatic carbocycles. The highest BCUT2D eigenvalue weighted by Gasteiger charge is 2.24. The normalized spacial score (nSPS) is 15.8. The summed E-state index contributed by atoms with van der Waals surface area (Å²) in [5.41, 5.74) is 2.65. The number of amides is 1. The van der Waals surface area contributed by atoms with Crippen molar-refractivity contribution in [2.24, 2.45) is 4.99 Å². The Labute approximate surface area is 150 Å². The minimum absolute atomic E-state index is 0.209. The first kappa shape index (κ1) is 19.1. The number of carbonyl (C=O) groups excluding carboxylic acids is 1. The van der Waals surface area contributed by atoms with Gasteiger partial charge in [-0.15, -0.1) is 0 Å². The summed E-state index contributed by atoms with van der Waals surface area (Å²) in [7, 11) is 1.79. The molecule has 0 saturated carbocycles. The number of nitrogens with zero attached hydrogens (tertiary/aromatic N) is 2. The molecule has 0 bridgehead atoms. The number of ether oxygens (including phenoxy) is 1. The van der Waals surface area contributed by atoms with Crippen molar-refractivity contribution < 1.29 is 9.53 Å². The smallest absolute Gasteiger partial charge is 0.409 e. The monoisotopic (exact) mass is 346 g/mol. The lowest BCUT2D eigenvalue weighted by atomic mass is 10.1. The van der Waals surface area contributed by atoms with E-state index >= 15 is 0 Å². The number of aliphatic imine (C=N–C) groups is 1. The van der Waals surface area contributed by atoms with Crippen LogP contribution in [-0.2, 0) is 17.7 Å². The van der Waals surface area contributed by atoms with Gasteiger partial charge in [0.2, 0.25) is 0 Å². The lowest BCUT2D eigenvalue weighted by Crippen LogP contribution is -2.49. The number of carbonyl (C=O) groups is 1. The highest BCUT2D eigenvalue weighted by Crippen LogP contribution is 2.12. The summed E-state index contributed by atoms with van der Waals surface area (Å²) in [5.74, 6) is 0.806. The van der Waals surface area contributed by atoms with Crippen LogP contribution in [0.3, 0.4) is 0 Å². The Morgan fingerprint density at radius 2 is 1.92 bits per heavy atom. The van der Waals surface area contributed by atoms with Gasteiger partial charge in [-0.25, -0.2) is 4.79 Å². The van der Waals surface area contributed by atoms with Crippen molar-refractivity contribution in [3.8, 4) is 0 Å². The van der Waals surface area contributed by atoms with E-state index < -0.39 is 0 Å². The second-order valence-electron chi connectivity index (χ2n) is 6.15. The maximum atomic E-state index is 11.8. The summed E-state index contributed by atoms with van der Waals surface area (Å²) >= 11 is 0. The number of hydrogen-bond donors (Lipinski definition) is 2. The molecule has 1 saturated heterocycles. The van der Waals surface area contributed by atoms with Crippen LogP contribution in [0.25, 0.3) is 0 Å². The van der Waals surface area contributed by atoms with Gasteiger partial charge in [-0.05, 0) is 37.3 Å². The first-order valence-electron chi connectivity index (χ1n) is 9.13. The van der Waals surface area contributed by atoms with Gasteiger partial charge < -0.3 is 20.3 Å². The average molecular weight is 346 g/mol. The minimum atomic E-state index is -0.209. The van der Waals surface area contributed by atoms with E-state index in [9.17, 15) is 4.79 Å². The van der Waals surface area contributed by atoms with Crippen molar-refractivity contribution >= 4 is 12.1 Å². The van der Waals surface area contributed by atoms with E-state index in [4.69, 9.17) is 4.74 Å². The molecule has 1 aromatic carbocycles. The first-order valence-corrected chi connectivity index (χ1v) is 9.13. The predicted octanol–water partition coefficient (Wildman–Crippen LogP) is 2.53. The molecule has 138 valence electrons. The Morgan fingerprint density at radius 1 is 1.24 bits per heavy atom. The van der Waals surface area contributed by atoms with Crippen LogP contribution >= 0.6 is 0 Å². The van der Waals surface area contributed by atoms with Crippen molar-refractivity contribution in [2.75, 3.05) is 26.7 Å². The largest absolute Gasteiger partial charge is 0.450 e. The molecular formula is C19H30N4O2. The zero-order valence-corrected chi connectivity index (χ0v) is 15.5. The van der Waals surface area contributed by atoms with E-state index in [1.54, 1.807) is 11.9 Å². The van der Waals surface area contributed by atoms with E-state index in [0.717, 1.165) is 31.8 Å². The Bertz CT molecular complexity index is 581. The zero-order chi connectivity index (χ0) is 18.1. The molecule has 1 heterocycles. The van der Waals surface area contributed by atoms with Crippen LogP contribution in [0, 0.1) is 0 Å². The minimum Gasteiger partial charge on any atom is -0.450 e. The molecule has 0 spiro atoms. The van der Waals surface area contributed by atoms with E-state index in [2.05, 4.69) is 46.8 Å².